The molecule has 0 atom stereocenters. The molecule has 0 saturated carbocycles. The predicted octanol–water partition coefficient (Wildman–Crippen LogP) is 0.147. The summed E-state index contributed by atoms with van der Waals surface area (Å²) in [6.45, 7) is -0.282. The van der Waals surface area contributed by atoms with Gasteiger partial charge in [0.25, 0.3) is 0 Å². The van der Waals surface area contributed by atoms with Gasteiger partial charge in [-0.05, 0) is 6.07 Å². The number of nitrogen functional groups attached to an aromatic ring is 1. The largest absolute Gasteiger partial charge is 0.384 e. The van der Waals surface area contributed by atoms with E-state index in [0.717, 1.165) is 6.20 Å². The fourth-order valence-corrected chi connectivity index (χ4v) is 0.685. The Balaban J connectivity index is 3.05. The number of aromatic nitrogens is 1. The molecule has 0 aliphatic rings. The third-order valence-corrected chi connectivity index (χ3v) is 1.19. The fourth-order valence-electron chi connectivity index (χ4n) is 0.685. The van der Waals surface area contributed by atoms with Crippen LogP contribution in [0.3, 0.4) is 0 Å². The summed E-state index contributed by atoms with van der Waals surface area (Å²) in [6.07, 6.45) is 1.01. The minimum absolute atomic E-state index is 0.164. The number of halogens is 1. The van der Waals surface area contributed by atoms with Crippen LogP contribution >= 0.6 is 0 Å². The first-order chi connectivity index (χ1) is 5.74. The van der Waals surface area contributed by atoms with Crippen molar-refractivity contribution in [3.63, 3.8) is 0 Å². The molecule has 1 aromatic rings. The molecule has 0 spiro atoms. The Morgan fingerprint density at radius 1 is 1.67 bits per heavy atom. The second-order valence-electron chi connectivity index (χ2n) is 2.05. The minimum atomic E-state index is -0.494. The molecule has 0 fully saturated rings. The number of hydrogen-bond acceptors (Lipinski definition) is 3. The molecule has 62 valence electrons. The van der Waals surface area contributed by atoms with E-state index in [1.807, 2.05) is 0 Å². The van der Waals surface area contributed by atoms with Crippen molar-refractivity contribution in [3.05, 3.63) is 23.6 Å². The molecule has 0 unspecified atom stereocenters. The Morgan fingerprint density at radius 2 is 2.42 bits per heavy atom. The van der Waals surface area contributed by atoms with Gasteiger partial charge in [-0.25, -0.2) is 9.37 Å². The molecule has 0 bridgehead atoms. The molecule has 0 aromatic carbocycles. The lowest BCUT2D eigenvalue weighted by Gasteiger charge is -1.95. The SMILES string of the molecule is Nc1ncc(F)cc1C#CCO. The molecule has 1 aromatic heterocycles. The summed E-state index contributed by atoms with van der Waals surface area (Å²) in [5, 5.41) is 8.36. The van der Waals surface area contributed by atoms with Crippen molar-refractivity contribution in [2.45, 2.75) is 0 Å². The molecule has 4 heteroatoms. The molecular weight excluding hydrogens is 159 g/mol. The van der Waals surface area contributed by atoms with E-state index in [-0.39, 0.29) is 12.4 Å². The Morgan fingerprint density at radius 3 is 3.08 bits per heavy atom. The second kappa shape index (κ2) is 3.69. The van der Waals surface area contributed by atoms with E-state index in [1.165, 1.54) is 6.07 Å². The predicted molar refractivity (Wildman–Crippen MR) is 42.6 cm³/mol. The van der Waals surface area contributed by atoms with Gasteiger partial charge in [0.05, 0.1) is 11.8 Å². The van der Waals surface area contributed by atoms with Gasteiger partial charge in [0, 0.05) is 0 Å². The van der Waals surface area contributed by atoms with Gasteiger partial charge in [0.2, 0.25) is 0 Å². The standard InChI is InChI=1S/C8H7FN2O/c9-7-4-6(2-1-3-12)8(10)11-5-7/h4-5,12H,3H2,(H2,10,11). The molecule has 0 aliphatic carbocycles. The van der Waals surface area contributed by atoms with Crippen molar-refractivity contribution in [3.8, 4) is 11.8 Å². The molecule has 1 heterocycles. The monoisotopic (exact) mass is 166 g/mol. The smallest absolute Gasteiger partial charge is 0.142 e. The van der Waals surface area contributed by atoms with Gasteiger partial charge in [-0.2, -0.15) is 0 Å². The van der Waals surface area contributed by atoms with Crippen molar-refractivity contribution >= 4 is 5.82 Å². The summed E-state index contributed by atoms with van der Waals surface area (Å²) >= 11 is 0. The molecule has 1 rings (SSSR count). The van der Waals surface area contributed by atoms with E-state index >= 15 is 0 Å². The maximum absolute atomic E-state index is 12.5. The first-order valence-electron chi connectivity index (χ1n) is 3.25. The first-order valence-corrected chi connectivity index (χ1v) is 3.25. The van der Waals surface area contributed by atoms with Crippen LogP contribution in [0.4, 0.5) is 10.2 Å². The number of aliphatic hydroxyl groups excluding tert-OH is 1. The third kappa shape index (κ3) is 1.94. The molecule has 12 heavy (non-hydrogen) atoms. The number of hydrogen-bond donors (Lipinski definition) is 2. The van der Waals surface area contributed by atoms with E-state index in [1.54, 1.807) is 0 Å². The van der Waals surface area contributed by atoms with Gasteiger partial charge in [-0.3, -0.25) is 0 Å². The topological polar surface area (TPSA) is 59.1 Å². The van der Waals surface area contributed by atoms with Crippen LogP contribution in [0.1, 0.15) is 5.56 Å². The zero-order valence-electron chi connectivity index (χ0n) is 6.21. The highest BCUT2D eigenvalue weighted by atomic mass is 19.1. The van der Waals surface area contributed by atoms with Gasteiger partial charge in [-0.1, -0.05) is 11.8 Å². The lowest BCUT2D eigenvalue weighted by atomic mass is 10.2. The number of aliphatic hydroxyl groups is 1. The number of anilines is 1. The van der Waals surface area contributed by atoms with Crippen LogP contribution in [0.25, 0.3) is 0 Å². The number of nitrogens with two attached hydrogens (primary N) is 1. The quantitative estimate of drug-likeness (QED) is 0.539. The normalized spacial score (nSPS) is 8.83. The fraction of sp³-hybridized carbons (Fsp3) is 0.125. The average Bonchev–Trinajstić information content (AvgIpc) is 2.07. The van der Waals surface area contributed by atoms with Crippen LogP contribution in [-0.2, 0) is 0 Å². The Hall–Kier alpha value is -1.60. The molecule has 3 N–H and O–H groups in total. The Kier molecular flexibility index (Phi) is 2.62. The number of rotatable bonds is 0. The van der Waals surface area contributed by atoms with Crippen LogP contribution in [0.15, 0.2) is 12.3 Å². The van der Waals surface area contributed by atoms with Crippen molar-refractivity contribution < 1.29 is 9.50 Å². The zero-order chi connectivity index (χ0) is 8.97. The van der Waals surface area contributed by atoms with Crippen molar-refractivity contribution in [2.75, 3.05) is 12.3 Å². The van der Waals surface area contributed by atoms with Crippen LogP contribution in [0, 0.1) is 17.7 Å². The highest BCUT2D eigenvalue weighted by Crippen LogP contribution is 2.07. The summed E-state index contributed by atoms with van der Waals surface area (Å²) in [5.74, 6) is 4.50. The van der Waals surface area contributed by atoms with E-state index in [2.05, 4.69) is 16.8 Å². The maximum Gasteiger partial charge on any atom is 0.142 e. The number of nitrogens with zero attached hydrogens (tertiary/aromatic N) is 1. The Labute approximate surface area is 69.0 Å². The van der Waals surface area contributed by atoms with Crippen LogP contribution in [0.2, 0.25) is 0 Å². The molecule has 3 nitrogen and oxygen atoms in total. The van der Waals surface area contributed by atoms with Gasteiger partial charge in [0.1, 0.15) is 18.2 Å². The summed E-state index contributed by atoms with van der Waals surface area (Å²) in [7, 11) is 0. The van der Waals surface area contributed by atoms with Crippen molar-refractivity contribution in [1.82, 2.24) is 4.98 Å². The Bertz CT molecular complexity index is 341. The first kappa shape index (κ1) is 8.50. The van der Waals surface area contributed by atoms with Gasteiger partial charge < -0.3 is 10.8 Å². The van der Waals surface area contributed by atoms with E-state index in [4.69, 9.17) is 10.8 Å². The van der Waals surface area contributed by atoms with Crippen LogP contribution < -0.4 is 5.73 Å². The summed E-state index contributed by atoms with van der Waals surface area (Å²) in [6, 6.07) is 1.17. The van der Waals surface area contributed by atoms with Crippen LogP contribution in [0.5, 0.6) is 0 Å². The summed E-state index contributed by atoms with van der Waals surface area (Å²) in [4.78, 5) is 3.55. The highest BCUT2D eigenvalue weighted by Gasteiger charge is 1.97. The van der Waals surface area contributed by atoms with Crippen molar-refractivity contribution in [2.24, 2.45) is 0 Å². The minimum Gasteiger partial charge on any atom is -0.384 e. The maximum atomic E-state index is 12.5. The van der Waals surface area contributed by atoms with E-state index < -0.39 is 5.82 Å². The van der Waals surface area contributed by atoms with Gasteiger partial charge in [-0.15, -0.1) is 0 Å². The number of pyridine rings is 1. The third-order valence-electron chi connectivity index (χ3n) is 1.19. The summed E-state index contributed by atoms with van der Waals surface area (Å²) < 4.78 is 12.5. The lowest BCUT2D eigenvalue weighted by Crippen LogP contribution is -1.95. The van der Waals surface area contributed by atoms with Crippen molar-refractivity contribution in [1.29, 1.82) is 0 Å². The lowest BCUT2D eigenvalue weighted by molar-refractivity contribution is 0.350. The van der Waals surface area contributed by atoms with Crippen LogP contribution in [-0.4, -0.2) is 16.7 Å². The molecule has 0 radical (unpaired) electrons. The molecule has 0 aliphatic heterocycles. The van der Waals surface area contributed by atoms with Gasteiger partial charge in [0.15, 0.2) is 0 Å². The molecule has 0 amide bonds. The highest BCUT2D eigenvalue weighted by molar-refractivity contribution is 5.50. The van der Waals surface area contributed by atoms with E-state index in [9.17, 15) is 4.39 Å². The molecule has 0 saturated heterocycles. The zero-order valence-corrected chi connectivity index (χ0v) is 6.21. The molecular formula is C8H7FN2O. The second-order valence-corrected chi connectivity index (χ2v) is 2.05. The van der Waals surface area contributed by atoms with Gasteiger partial charge >= 0.3 is 0 Å². The van der Waals surface area contributed by atoms with E-state index in [0.29, 0.717) is 5.56 Å². The summed E-state index contributed by atoms with van der Waals surface area (Å²) in [5.41, 5.74) is 5.66. The average molecular weight is 166 g/mol.